The maximum Gasteiger partial charge on any atom is 0.226 e. The van der Waals surface area contributed by atoms with Gasteiger partial charge in [0.25, 0.3) is 0 Å². The SMILES string of the molecule is CCCC(=O)NC(=S)Nc1ccc(NC(=S)NC(C)=O)cc1. The average molecular weight is 338 g/mol. The van der Waals surface area contributed by atoms with E-state index in [2.05, 4.69) is 21.3 Å². The molecule has 0 spiro atoms. The van der Waals surface area contributed by atoms with E-state index in [1.807, 2.05) is 6.92 Å². The van der Waals surface area contributed by atoms with Gasteiger partial charge in [-0.05, 0) is 55.1 Å². The lowest BCUT2D eigenvalue weighted by atomic mass is 10.3. The van der Waals surface area contributed by atoms with Gasteiger partial charge in [-0.25, -0.2) is 0 Å². The zero-order chi connectivity index (χ0) is 16.5. The number of rotatable bonds is 4. The van der Waals surface area contributed by atoms with Gasteiger partial charge in [0.1, 0.15) is 0 Å². The van der Waals surface area contributed by atoms with Crippen molar-refractivity contribution in [1.82, 2.24) is 10.6 Å². The molecular weight excluding hydrogens is 320 g/mol. The second kappa shape index (κ2) is 9.06. The Morgan fingerprint density at radius 3 is 1.82 bits per heavy atom. The van der Waals surface area contributed by atoms with Crippen LogP contribution in [0.15, 0.2) is 24.3 Å². The number of carbonyl (C=O) groups is 2. The third-order valence-electron chi connectivity index (χ3n) is 2.42. The Hall–Kier alpha value is -2.06. The fourth-order valence-corrected chi connectivity index (χ4v) is 2.03. The van der Waals surface area contributed by atoms with E-state index in [1.165, 1.54) is 6.92 Å². The Labute approximate surface area is 140 Å². The minimum atomic E-state index is -0.232. The first-order valence-electron chi connectivity index (χ1n) is 6.70. The van der Waals surface area contributed by atoms with Crippen LogP contribution in [0.3, 0.4) is 0 Å². The van der Waals surface area contributed by atoms with Gasteiger partial charge in [-0.3, -0.25) is 9.59 Å². The van der Waals surface area contributed by atoms with Gasteiger partial charge in [-0.1, -0.05) is 6.92 Å². The van der Waals surface area contributed by atoms with Crippen LogP contribution in [0, 0.1) is 0 Å². The molecule has 0 aromatic heterocycles. The van der Waals surface area contributed by atoms with Crippen LogP contribution in [0.4, 0.5) is 11.4 Å². The first kappa shape index (κ1) is 18.0. The van der Waals surface area contributed by atoms with E-state index in [-0.39, 0.29) is 22.0 Å². The van der Waals surface area contributed by atoms with Crippen molar-refractivity contribution in [3.05, 3.63) is 24.3 Å². The van der Waals surface area contributed by atoms with E-state index in [9.17, 15) is 9.59 Å². The molecule has 1 aromatic carbocycles. The van der Waals surface area contributed by atoms with Crippen molar-refractivity contribution in [3.63, 3.8) is 0 Å². The van der Waals surface area contributed by atoms with E-state index in [0.717, 1.165) is 17.8 Å². The van der Waals surface area contributed by atoms with Crippen molar-refractivity contribution in [2.75, 3.05) is 10.6 Å². The predicted octanol–water partition coefficient (Wildman–Crippen LogP) is 2.13. The van der Waals surface area contributed by atoms with Gasteiger partial charge in [0, 0.05) is 24.7 Å². The topological polar surface area (TPSA) is 82.3 Å². The molecule has 0 atom stereocenters. The Bertz CT molecular complexity index is 573. The smallest absolute Gasteiger partial charge is 0.226 e. The molecule has 4 N–H and O–H groups in total. The predicted molar refractivity (Wildman–Crippen MR) is 95.8 cm³/mol. The highest BCUT2D eigenvalue weighted by Gasteiger charge is 2.04. The largest absolute Gasteiger partial charge is 0.332 e. The fourth-order valence-electron chi connectivity index (χ4n) is 1.54. The van der Waals surface area contributed by atoms with Gasteiger partial charge >= 0.3 is 0 Å². The van der Waals surface area contributed by atoms with Crippen molar-refractivity contribution in [2.24, 2.45) is 0 Å². The lowest BCUT2D eigenvalue weighted by Gasteiger charge is -2.11. The van der Waals surface area contributed by atoms with Crippen LogP contribution < -0.4 is 21.3 Å². The third-order valence-corrected chi connectivity index (χ3v) is 2.83. The molecule has 6 nitrogen and oxygen atoms in total. The van der Waals surface area contributed by atoms with Crippen molar-refractivity contribution >= 4 is 57.8 Å². The molecule has 22 heavy (non-hydrogen) atoms. The third kappa shape index (κ3) is 7.09. The van der Waals surface area contributed by atoms with E-state index in [1.54, 1.807) is 24.3 Å². The molecule has 0 bridgehead atoms. The number of amides is 2. The summed E-state index contributed by atoms with van der Waals surface area (Å²) >= 11 is 10.0. The number of hydrogen-bond donors (Lipinski definition) is 4. The maximum absolute atomic E-state index is 11.4. The van der Waals surface area contributed by atoms with Crippen LogP contribution in [0.5, 0.6) is 0 Å². The highest BCUT2D eigenvalue weighted by Crippen LogP contribution is 2.13. The van der Waals surface area contributed by atoms with Gasteiger partial charge in [0.2, 0.25) is 11.8 Å². The molecular formula is C14H18N4O2S2. The quantitative estimate of drug-likeness (QED) is 0.630. The lowest BCUT2D eigenvalue weighted by Crippen LogP contribution is -2.33. The number of nitrogens with one attached hydrogen (secondary N) is 4. The molecule has 8 heteroatoms. The van der Waals surface area contributed by atoms with Gasteiger partial charge in [-0.2, -0.15) is 0 Å². The molecule has 0 aliphatic heterocycles. The molecule has 0 radical (unpaired) electrons. The molecule has 0 heterocycles. The second-order valence-electron chi connectivity index (χ2n) is 4.46. The van der Waals surface area contributed by atoms with Crippen molar-refractivity contribution in [3.8, 4) is 0 Å². The summed E-state index contributed by atoms with van der Waals surface area (Å²) in [4.78, 5) is 22.3. The minimum absolute atomic E-state index is 0.112. The van der Waals surface area contributed by atoms with Crippen LogP contribution in [0.2, 0.25) is 0 Å². The molecule has 0 saturated carbocycles. The molecule has 2 amide bonds. The summed E-state index contributed by atoms with van der Waals surface area (Å²) in [6.07, 6.45) is 1.20. The lowest BCUT2D eigenvalue weighted by molar-refractivity contribution is -0.120. The summed E-state index contributed by atoms with van der Waals surface area (Å²) in [5.74, 6) is -0.345. The van der Waals surface area contributed by atoms with E-state index in [4.69, 9.17) is 24.4 Å². The Kier molecular flexibility index (Phi) is 7.41. The number of carbonyl (C=O) groups excluding carboxylic acids is 2. The number of thiocarbonyl (C=S) groups is 2. The van der Waals surface area contributed by atoms with Gasteiger partial charge in [0.05, 0.1) is 0 Å². The first-order valence-corrected chi connectivity index (χ1v) is 7.52. The molecule has 0 unspecified atom stereocenters. The standard InChI is InChI=1S/C14H18N4O2S2/c1-3-4-12(20)18-14(22)17-11-7-5-10(6-8-11)16-13(21)15-9(2)19/h5-8H,3-4H2,1-2H3,(H2,15,16,19,21)(H2,17,18,20,22). The van der Waals surface area contributed by atoms with Crippen molar-refractivity contribution in [2.45, 2.75) is 26.7 Å². The Morgan fingerprint density at radius 1 is 0.955 bits per heavy atom. The monoisotopic (exact) mass is 338 g/mol. The number of anilines is 2. The van der Waals surface area contributed by atoms with Gasteiger partial charge in [-0.15, -0.1) is 0 Å². The van der Waals surface area contributed by atoms with Gasteiger partial charge in [0.15, 0.2) is 10.2 Å². The summed E-state index contributed by atoms with van der Waals surface area (Å²) in [7, 11) is 0. The van der Waals surface area contributed by atoms with Gasteiger partial charge < -0.3 is 21.3 Å². The van der Waals surface area contributed by atoms with E-state index >= 15 is 0 Å². The molecule has 118 valence electrons. The molecule has 1 aromatic rings. The van der Waals surface area contributed by atoms with Crippen molar-refractivity contribution < 1.29 is 9.59 Å². The van der Waals surface area contributed by atoms with Crippen LogP contribution in [-0.4, -0.2) is 22.0 Å². The van der Waals surface area contributed by atoms with Crippen LogP contribution in [0.1, 0.15) is 26.7 Å². The Morgan fingerprint density at radius 2 is 1.41 bits per heavy atom. The molecule has 0 saturated heterocycles. The fraction of sp³-hybridized carbons (Fsp3) is 0.286. The number of benzene rings is 1. The van der Waals surface area contributed by atoms with Crippen LogP contribution in [0.25, 0.3) is 0 Å². The first-order chi connectivity index (χ1) is 10.4. The highest BCUT2D eigenvalue weighted by molar-refractivity contribution is 7.80. The normalized spacial score (nSPS) is 9.55. The van der Waals surface area contributed by atoms with E-state index < -0.39 is 0 Å². The summed E-state index contributed by atoms with van der Waals surface area (Å²) < 4.78 is 0. The average Bonchev–Trinajstić information content (AvgIpc) is 2.40. The zero-order valence-electron chi connectivity index (χ0n) is 12.4. The van der Waals surface area contributed by atoms with E-state index in [0.29, 0.717) is 6.42 Å². The molecule has 0 aliphatic carbocycles. The highest BCUT2D eigenvalue weighted by atomic mass is 32.1. The summed E-state index contributed by atoms with van der Waals surface area (Å²) in [6, 6.07) is 7.09. The summed E-state index contributed by atoms with van der Waals surface area (Å²) in [6.45, 7) is 3.31. The molecule has 0 aliphatic rings. The second-order valence-corrected chi connectivity index (χ2v) is 5.28. The minimum Gasteiger partial charge on any atom is -0.332 e. The summed E-state index contributed by atoms with van der Waals surface area (Å²) in [5, 5.41) is 11.3. The summed E-state index contributed by atoms with van der Waals surface area (Å²) in [5.41, 5.74) is 1.46. The maximum atomic E-state index is 11.4. The Balaban J connectivity index is 2.51. The molecule has 0 fully saturated rings. The van der Waals surface area contributed by atoms with Crippen LogP contribution >= 0.6 is 24.4 Å². The molecule has 1 rings (SSSR count). The number of hydrogen-bond acceptors (Lipinski definition) is 4. The van der Waals surface area contributed by atoms with Crippen molar-refractivity contribution in [1.29, 1.82) is 0 Å². The zero-order valence-corrected chi connectivity index (χ0v) is 14.0. The van der Waals surface area contributed by atoms with Crippen LogP contribution in [-0.2, 0) is 9.59 Å².